The molecule has 0 amide bonds. The van der Waals surface area contributed by atoms with E-state index in [1.165, 1.54) is 35.7 Å². The first-order valence-electron chi connectivity index (χ1n) is 5.53. The topological polar surface area (TPSA) is 90.1 Å². The monoisotopic (exact) mass is 298 g/mol. The standard InChI is InChI=1S/C11H11FN4O3S/c1-19-9-3-2-7(4-8(9)12)6-20-11-13-14-15-16(11)5-10(17)18/h2-4H,5-6H2,1H3,(H,17,18). The Hall–Kier alpha value is -2.16. The fraction of sp³-hybridized carbons (Fsp3) is 0.273. The van der Waals surface area contributed by atoms with Gasteiger partial charge in [-0.1, -0.05) is 17.8 Å². The number of rotatable bonds is 6. The highest BCUT2D eigenvalue weighted by Crippen LogP contribution is 2.23. The van der Waals surface area contributed by atoms with Crippen molar-refractivity contribution in [1.82, 2.24) is 20.2 Å². The normalized spacial score (nSPS) is 10.5. The predicted octanol–water partition coefficient (Wildman–Crippen LogP) is 1.20. The Bertz CT molecular complexity index is 619. The lowest BCUT2D eigenvalue weighted by molar-refractivity contribution is -0.138. The van der Waals surface area contributed by atoms with Gasteiger partial charge in [-0.2, -0.15) is 0 Å². The maximum atomic E-state index is 13.5. The number of carbonyl (C=O) groups is 1. The van der Waals surface area contributed by atoms with E-state index in [4.69, 9.17) is 9.84 Å². The van der Waals surface area contributed by atoms with Gasteiger partial charge in [-0.15, -0.1) is 5.10 Å². The Morgan fingerprint density at radius 3 is 3.00 bits per heavy atom. The number of benzene rings is 1. The van der Waals surface area contributed by atoms with Gasteiger partial charge < -0.3 is 9.84 Å². The molecule has 0 saturated carbocycles. The number of carboxylic acid groups (broad SMARTS) is 1. The van der Waals surface area contributed by atoms with E-state index < -0.39 is 11.8 Å². The van der Waals surface area contributed by atoms with Crippen LogP contribution in [0.4, 0.5) is 4.39 Å². The Labute approximate surface area is 117 Å². The van der Waals surface area contributed by atoms with Gasteiger partial charge in [0.1, 0.15) is 6.54 Å². The largest absolute Gasteiger partial charge is 0.494 e. The molecule has 7 nitrogen and oxygen atoms in total. The Kier molecular flexibility index (Phi) is 4.51. The minimum absolute atomic E-state index is 0.175. The number of tetrazole rings is 1. The Morgan fingerprint density at radius 2 is 2.35 bits per heavy atom. The summed E-state index contributed by atoms with van der Waals surface area (Å²) in [7, 11) is 1.40. The molecule has 2 aromatic rings. The third-order valence-electron chi connectivity index (χ3n) is 2.37. The first-order chi connectivity index (χ1) is 9.60. The van der Waals surface area contributed by atoms with Gasteiger partial charge in [-0.05, 0) is 28.1 Å². The van der Waals surface area contributed by atoms with E-state index in [1.54, 1.807) is 6.07 Å². The fourth-order valence-corrected chi connectivity index (χ4v) is 2.29. The molecule has 1 aromatic heterocycles. The van der Waals surface area contributed by atoms with Crippen molar-refractivity contribution in [2.24, 2.45) is 0 Å². The van der Waals surface area contributed by atoms with E-state index in [9.17, 15) is 9.18 Å². The number of hydrogen-bond acceptors (Lipinski definition) is 6. The lowest BCUT2D eigenvalue weighted by Gasteiger charge is -2.05. The van der Waals surface area contributed by atoms with Crippen molar-refractivity contribution < 1.29 is 19.0 Å². The van der Waals surface area contributed by atoms with Gasteiger partial charge in [0.05, 0.1) is 7.11 Å². The van der Waals surface area contributed by atoms with Crippen LogP contribution in [0.15, 0.2) is 23.4 Å². The highest BCUT2D eigenvalue weighted by atomic mass is 32.2. The molecule has 1 aromatic carbocycles. The summed E-state index contributed by atoms with van der Waals surface area (Å²) in [5.41, 5.74) is 0.721. The van der Waals surface area contributed by atoms with Crippen molar-refractivity contribution >= 4 is 17.7 Å². The van der Waals surface area contributed by atoms with Gasteiger partial charge in [0.25, 0.3) is 0 Å². The first kappa shape index (κ1) is 14.3. The number of carboxylic acids is 1. The van der Waals surface area contributed by atoms with Gasteiger partial charge >= 0.3 is 5.97 Å². The van der Waals surface area contributed by atoms with Crippen LogP contribution in [0.3, 0.4) is 0 Å². The van der Waals surface area contributed by atoms with Gasteiger partial charge in [0.2, 0.25) is 5.16 Å². The second-order valence-electron chi connectivity index (χ2n) is 3.77. The number of aromatic nitrogens is 4. The van der Waals surface area contributed by atoms with Crippen LogP contribution in [0.5, 0.6) is 5.75 Å². The van der Waals surface area contributed by atoms with Crippen LogP contribution in [0, 0.1) is 5.82 Å². The summed E-state index contributed by atoms with van der Waals surface area (Å²) >= 11 is 1.23. The van der Waals surface area contributed by atoms with E-state index in [0.717, 1.165) is 5.56 Å². The molecule has 1 N–H and O–H groups in total. The molecule has 106 valence electrons. The molecule has 0 spiro atoms. The number of aliphatic carboxylic acids is 1. The summed E-state index contributed by atoms with van der Waals surface area (Å²) in [4.78, 5) is 10.6. The molecule has 0 fully saturated rings. The van der Waals surface area contributed by atoms with Crippen LogP contribution in [0.1, 0.15) is 5.56 Å². The molecule has 0 aliphatic rings. The number of halogens is 1. The minimum atomic E-state index is -1.03. The minimum Gasteiger partial charge on any atom is -0.494 e. The zero-order valence-corrected chi connectivity index (χ0v) is 11.3. The van der Waals surface area contributed by atoms with Crippen molar-refractivity contribution in [2.45, 2.75) is 17.5 Å². The van der Waals surface area contributed by atoms with E-state index in [2.05, 4.69) is 15.5 Å². The van der Waals surface area contributed by atoms with E-state index in [0.29, 0.717) is 10.9 Å². The molecule has 20 heavy (non-hydrogen) atoms. The molecule has 0 radical (unpaired) electrons. The van der Waals surface area contributed by atoms with Crippen LogP contribution < -0.4 is 4.74 Å². The van der Waals surface area contributed by atoms with Crippen LogP contribution in [0.25, 0.3) is 0 Å². The molecule has 0 unspecified atom stereocenters. The summed E-state index contributed by atoms with van der Waals surface area (Å²) in [5, 5.41) is 19.8. The SMILES string of the molecule is COc1ccc(CSc2nnnn2CC(=O)O)cc1F. The van der Waals surface area contributed by atoms with E-state index in [-0.39, 0.29) is 12.3 Å². The zero-order chi connectivity index (χ0) is 14.5. The molecular weight excluding hydrogens is 287 g/mol. The number of methoxy groups -OCH3 is 1. The Morgan fingerprint density at radius 1 is 1.55 bits per heavy atom. The predicted molar refractivity (Wildman–Crippen MR) is 68.0 cm³/mol. The molecule has 2 rings (SSSR count). The number of nitrogens with zero attached hydrogens (tertiary/aromatic N) is 4. The van der Waals surface area contributed by atoms with Gasteiger partial charge in [0, 0.05) is 5.75 Å². The molecule has 0 aliphatic carbocycles. The quantitative estimate of drug-likeness (QED) is 0.801. The summed E-state index contributed by atoms with van der Waals surface area (Å²) in [6.07, 6.45) is 0. The van der Waals surface area contributed by atoms with E-state index in [1.807, 2.05) is 0 Å². The molecule has 0 atom stereocenters. The summed E-state index contributed by atoms with van der Waals surface area (Å²) in [5.74, 6) is -0.888. The maximum Gasteiger partial charge on any atom is 0.325 e. The molecule has 1 heterocycles. The average molecular weight is 298 g/mol. The smallest absolute Gasteiger partial charge is 0.325 e. The number of ether oxygens (including phenoxy) is 1. The summed E-state index contributed by atoms with van der Waals surface area (Å²) < 4.78 is 19.5. The fourth-order valence-electron chi connectivity index (χ4n) is 1.47. The van der Waals surface area contributed by atoms with Crippen molar-refractivity contribution in [3.8, 4) is 5.75 Å². The van der Waals surface area contributed by atoms with Crippen LogP contribution in [0.2, 0.25) is 0 Å². The molecule has 0 aliphatic heterocycles. The zero-order valence-electron chi connectivity index (χ0n) is 10.5. The molecule has 0 bridgehead atoms. The summed E-state index contributed by atoms with van der Waals surface area (Å²) in [6, 6.07) is 4.61. The number of thioether (sulfide) groups is 1. The summed E-state index contributed by atoms with van der Waals surface area (Å²) in [6.45, 7) is -0.313. The van der Waals surface area contributed by atoms with Crippen LogP contribution in [-0.4, -0.2) is 38.4 Å². The van der Waals surface area contributed by atoms with Gasteiger partial charge in [-0.25, -0.2) is 9.07 Å². The van der Waals surface area contributed by atoms with Crippen LogP contribution in [-0.2, 0) is 17.1 Å². The molecule has 9 heteroatoms. The van der Waals surface area contributed by atoms with Crippen LogP contribution >= 0.6 is 11.8 Å². The van der Waals surface area contributed by atoms with Crippen molar-refractivity contribution in [3.05, 3.63) is 29.6 Å². The number of hydrogen-bond donors (Lipinski definition) is 1. The molecular formula is C11H11FN4O3S. The van der Waals surface area contributed by atoms with Gasteiger partial charge in [0.15, 0.2) is 11.6 Å². The highest BCUT2D eigenvalue weighted by Gasteiger charge is 2.11. The average Bonchev–Trinajstić information content (AvgIpc) is 2.83. The lowest BCUT2D eigenvalue weighted by atomic mass is 10.2. The second-order valence-corrected chi connectivity index (χ2v) is 4.71. The van der Waals surface area contributed by atoms with Crippen molar-refractivity contribution in [3.63, 3.8) is 0 Å². The Balaban J connectivity index is 2.03. The second kappa shape index (κ2) is 6.33. The van der Waals surface area contributed by atoms with E-state index >= 15 is 0 Å². The third-order valence-corrected chi connectivity index (χ3v) is 3.40. The van der Waals surface area contributed by atoms with Gasteiger partial charge in [-0.3, -0.25) is 4.79 Å². The highest BCUT2D eigenvalue weighted by molar-refractivity contribution is 7.98. The van der Waals surface area contributed by atoms with Crippen molar-refractivity contribution in [2.75, 3.05) is 7.11 Å². The third kappa shape index (κ3) is 3.44. The molecule has 0 saturated heterocycles. The lowest BCUT2D eigenvalue weighted by Crippen LogP contribution is -2.11. The maximum absolute atomic E-state index is 13.5. The first-order valence-corrected chi connectivity index (χ1v) is 6.52. The van der Waals surface area contributed by atoms with Crippen molar-refractivity contribution in [1.29, 1.82) is 0 Å².